The average Bonchev–Trinajstić information content (AvgIpc) is 3.44. The molecular formula is C26H18N4O. The molecule has 2 aromatic heterocycles. The molecule has 0 saturated heterocycles. The second-order valence-electron chi connectivity index (χ2n) is 7.34. The Hall–Kier alpha value is -4.38. The van der Waals surface area contributed by atoms with E-state index in [9.17, 15) is 0 Å². The van der Waals surface area contributed by atoms with E-state index in [4.69, 9.17) is 4.74 Å². The Labute approximate surface area is 178 Å². The zero-order valence-electron chi connectivity index (χ0n) is 16.6. The van der Waals surface area contributed by atoms with Gasteiger partial charge in [0.2, 0.25) is 0 Å². The summed E-state index contributed by atoms with van der Waals surface area (Å²) in [6.07, 6.45) is 3.90. The summed E-state index contributed by atoms with van der Waals surface area (Å²) in [5, 5.41) is 11.4. The minimum Gasteiger partial charge on any atom is -0.457 e. The summed E-state index contributed by atoms with van der Waals surface area (Å²) in [4.78, 5) is 0. The third-order valence-corrected chi connectivity index (χ3v) is 5.27. The molecule has 0 N–H and O–H groups in total. The molecule has 5 heteroatoms. The van der Waals surface area contributed by atoms with Crippen molar-refractivity contribution in [1.82, 2.24) is 19.6 Å². The van der Waals surface area contributed by atoms with E-state index in [0.29, 0.717) is 0 Å². The molecule has 0 radical (unpaired) electrons. The highest BCUT2D eigenvalue weighted by Crippen LogP contribution is 2.27. The van der Waals surface area contributed by atoms with Gasteiger partial charge in [0.25, 0.3) is 0 Å². The number of aromatic nitrogens is 4. The summed E-state index contributed by atoms with van der Waals surface area (Å²) in [6, 6.07) is 32.1. The van der Waals surface area contributed by atoms with Crippen molar-refractivity contribution in [2.24, 2.45) is 0 Å². The van der Waals surface area contributed by atoms with E-state index in [1.807, 2.05) is 101 Å². The van der Waals surface area contributed by atoms with Crippen LogP contribution in [-0.2, 0) is 0 Å². The van der Waals surface area contributed by atoms with Crippen LogP contribution >= 0.6 is 0 Å². The van der Waals surface area contributed by atoms with Gasteiger partial charge in [0.15, 0.2) is 0 Å². The normalized spacial score (nSPS) is 11.2. The topological polar surface area (TPSA) is 44.9 Å². The Morgan fingerprint density at radius 3 is 2.19 bits per heavy atom. The van der Waals surface area contributed by atoms with Gasteiger partial charge in [-0.1, -0.05) is 48.5 Å². The van der Waals surface area contributed by atoms with Gasteiger partial charge >= 0.3 is 0 Å². The molecule has 0 spiro atoms. The van der Waals surface area contributed by atoms with Gasteiger partial charge in [0.1, 0.15) is 11.5 Å². The minimum atomic E-state index is 0.750. The molecule has 2 heterocycles. The molecule has 0 fully saturated rings. The second kappa shape index (κ2) is 7.15. The van der Waals surface area contributed by atoms with Gasteiger partial charge in [-0.3, -0.25) is 0 Å². The highest BCUT2D eigenvalue weighted by Gasteiger charge is 2.07. The standard InChI is InChI=1S/C26H18N4O/c1-3-13-25-20(8-1)18-29(28-25)21-9-5-11-23(15-21)31-24-12-6-10-22(16-24)30-26-14-4-2-7-19(26)17-27-30/h1-18H. The van der Waals surface area contributed by atoms with Crippen molar-refractivity contribution in [3.63, 3.8) is 0 Å². The Kier molecular flexibility index (Phi) is 4.03. The van der Waals surface area contributed by atoms with Gasteiger partial charge < -0.3 is 4.74 Å². The maximum absolute atomic E-state index is 6.18. The largest absolute Gasteiger partial charge is 0.457 e. The van der Waals surface area contributed by atoms with Crippen LogP contribution in [-0.4, -0.2) is 19.6 Å². The number of hydrogen-bond donors (Lipinski definition) is 0. The zero-order chi connectivity index (χ0) is 20.6. The van der Waals surface area contributed by atoms with Crippen LogP contribution in [0.4, 0.5) is 0 Å². The summed E-state index contributed by atoms with van der Waals surface area (Å²) in [5.41, 5.74) is 3.93. The molecule has 148 valence electrons. The number of rotatable bonds is 4. The van der Waals surface area contributed by atoms with Crippen LogP contribution in [0.3, 0.4) is 0 Å². The zero-order valence-corrected chi connectivity index (χ0v) is 16.6. The lowest BCUT2D eigenvalue weighted by Crippen LogP contribution is -1.97. The van der Waals surface area contributed by atoms with Crippen molar-refractivity contribution in [2.45, 2.75) is 0 Å². The first-order valence-corrected chi connectivity index (χ1v) is 10.1. The Morgan fingerprint density at radius 2 is 1.35 bits per heavy atom. The van der Waals surface area contributed by atoms with E-state index < -0.39 is 0 Å². The lowest BCUT2D eigenvalue weighted by atomic mass is 10.2. The molecule has 5 nitrogen and oxygen atoms in total. The van der Waals surface area contributed by atoms with Crippen LogP contribution in [0, 0.1) is 0 Å². The Balaban J connectivity index is 1.32. The Morgan fingerprint density at radius 1 is 0.645 bits per heavy atom. The van der Waals surface area contributed by atoms with Crippen molar-refractivity contribution < 1.29 is 4.74 Å². The first kappa shape index (κ1) is 17.5. The highest BCUT2D eigenvalue weighted by atomic mass is 16.5. The van der Waals surface area contributed by atoms with Crippen molar-refractivity contribution in [3.8, 4) is 22.9 Å². The van der Waals surface area contributed by atoms with Gasteiger partial charge in [0, 0.05) is 29.1 Å². The molecule has 0 atom stereocenters. The summed E-state index contributed by atoms with van der Waals surface area (Å²) in [7, 11) is 0. The lowest BCUT2D eigenvalue weighted by molar-refractivity contribution is 0.482. The van der Waals surface area contributed by atoms with E-state index >= 15 is 0 Å². The number of fused-ring (bicyclic) bond motifs is 2. The van der Waals surface area contributed by atoms with Gasteiger partial charge in [-0.15, -0.1) is 0 Å². The van der Waals surface area contributed by atoms with Crippen LogP contribution in [0.5, 0.6) is 11.5 Å². The van der Waals surface area contributed by atoms with E-state index in [1.165, 1.54) is 0 Å². The van der Waals surface area contributed by atoms with Crippen LogP contribution in [0.1, 0.15) is 0 Å². The predicted molar refractivity (Wildman–Crippen MR) is 122 cm³/mol. The van der Waals surface area contributed by atoms with E-state index in [2.05, 4.69) is 28.4 Å². The van der Waals surface area contributed by atoms with Crippen molar-refractivity contribution in [3.05, 3.63) is 109 Å². The fraction of sp³-hybridized carbons (Fsp3) is 0. The summed E-state index contributed by atoms with van der Waals surface area (Å²) >= 11 is 0. The minimum absolute atomic E-state index is 0.750. The summed E-state index contributed by atoms with van der Waals surface area (Å²) < 4.78 is 9.99. The predicted octanol–water partition coefficient (Wildman–Crippen LogP) is 6.16. The number of benzene rings is 4. The molecule has 31 heavy (non-hydrogen) atoms. The number of nitrogens with zero attached hydrogens (tertiary/aromatic N) is 4. The fourth-order valence-electron chi connectivity index (χ4n) is 3.78. The highest BCUT2D eigenvalue weighted by molar-refractivity contribution is 5.80. The lowest BCUT2D eigenvalue weighted by Gasteiger charge is -2.10. The SMILES string of the molecule is c1cc(Oc2cccc(-n3ncc4ccccc43)c2)cc(-n2cc3ccccc3n2)c1. The molecule has 0 bridgehead atoms. The molecule has 0 unspecified atom stereocenters. The maximum atomic E-state index is 6.18. The monoisotopic (exact) mass is 402 g/mol. The van der Waals surface area contributed by atoms with Gasteiger partial charge in [-0.25, -0.2) is 9.36 Å². The van der Waals surface area contributed by atoms with Crippen LogP contribution in [0.25, 0.3) is 33.2 Å². The number of hydrogen-bond acceptors (Lipinski definition) is 3. The second-order valence-corrected chi connectivity index (χ2v) is 7.34. The van der Waals surface area contributed by atoms with Crippen LogP contribution in [0.2, 0.25) is 0 Å². The smallest absolute Gasteiger partial charge is 0.129 e. The molecule has 0 aliphatic carbocycles. The van der Waals surface area contributed by atoms with Crippen molar-refractivity contribution in [1.29, 1.82) is 0 Å². The first-order chi connectivity index (χ1) is 15.3. The van der Waals surface area contributed by atoms with Gasteiger partial charge in [-0.05, 0) is 36.4 Å². The number of para-hydroxylation sites is 1. The third-order valence-electron chi connectivity index (χ3n) is 5.27. The van der Waals surface area contributed by atoms with Crippen molar-refractivity contribution in [2.75, 3.05) is 0 Å². The van der Waals surface area contributed by atoms with Gasteiger partial charge in [-0.2, -0.15) is 10.2 Å². The van der Waals surface area contributed by atoms with E-state index in [1.54, 1.807) is 0 Å². The molecular weight excluding hydrogens is 384 g/mol. The number of ether oxygens (including phenoxy) is 1. The average molecular weight is 402 g/mol. The molecule has 0 amide bonds. The summed E-state index contributed by atoms with van der Waals surface area (Å²) in [6.45, 7) is 0. The van der Waals surface area contributed by atoms with E-state index in [0.717, 1.165) is 44.7 Å². The fourth-order valence-corrected chi connectivity index (χ4v) is 3.78. The molecule has 0 aliphatic heterocycles. The first-order valence-electron chi connectivity index (χ1n) is 10.1. The van der Waals surface area contributed by atoms with Crippen LogP contribution < -0.4 is 4.74 Å². The molecule has 0 saturated carbocycles. The van der Waals surface area contributed by atoms with Crippen LogP contribution in [0.15, 0.2) is 109 Å². The van der Waals surface area contributed by atoms with Gasteiger partial charge in [0.05, 0.1) is 28.6 Å². The molecule has 4 aromatic carbocycles. The van der Waals surface area contributed by atoms with E-state index in [-0.39, 0.29) is 0 Å². The molecule has 0 aliphatic rings. The third kappa shape index (κ3) is 3.22. The Bertz CT molecular complexity index is 1500. The van der Waals surface area contributed by atoms with Crippen molar-refractivity contribution >= 4 is 21.8 Å². The quantitative estimate of drug-likeness (QED) is 0.355. The molecule has 6 aromatic rings. The maximum Gasteiger partial charge on any atom is 0.129 e. The molecule has 6 rings (SSSR count). The summed E-state index contributed by atoms with van der Waals surface area (Å²) in [5.74, 6) is 1.50.